The molecule has 0 bridgehead atoms. The molecular formula is C21H26FN3O. The van der Waals surface area contributed by atoms with Crippen LogP contribution in [0.3, 0.4) is 0 Å². The maximum Gasteiger partial charge on any atom is 0.225 e. The van der Waals surface area contributed by atoms with E-state index < -0.39 is 0 Å². The summed E-state index contributed by atoms with van der Waals surface area (Å²) in [6.07, 6.45) is 0.490. The first kappa shape index (κ1) is 18.4. The summed E-state index contributed by atoms with van der Waals surface area (Å²) in [5.41, 5.74) is 4.25. The van der Waals surface area contributed by atoms with Crippen LogP contribution < -0.4 is 10.2 Å². The molecule has 4 nitrogen and oxygen atoms in total. The van der Waals surface area contributed by atoms with Crippen molar-refractivity contribution < 1.29 is 9.18 Å². The summed E-state index contributed by atoms with van der Waals surface area (Å²) < 4.78 is 13.0. The third kappa shape index (κ3) is 4.61. The average Bonchev–Trinajstić information content (AvgIpc) is 2.65. The predicted octanol–water partition coefficient (Wildman–Crippen LogP) is 3.59. The largest absolute Gasteiger partial charge is 0.369 e. The topological polar surface area (TPSA) is 35.6 Å². The van der Waals surface area contributed by atoms with Gasteiger partial charge in [-0.3, -0.25) is 9.69 Å². The maximum atomic E-state index is 13.0. The standard InChI is InChI=1S/C21H26FN3O/c1-16-4-3-5-20(17(16)2)23-21(26)10-11-24-12-14-25(15-13-24)19-8-6-18(22)7-9-19/h3-9H,10-15H2,1-2H3,(H,23,26). The van der Waals surface area contributed by atoms with Gasteiger partial charge in [-0.25, -0.2) is 4.39 Å². The highest BCUT2D eigenvalue weighted by Crippen LogP contribution is 2.19. The van der Waals surface area contributed by atoms with Crippen molar-refractivity contribution in [3.63, 3.8) is 0 Å². The highest BCUT2D eigenvalue weighted by molar-refractivity contribution is 5.91. The minimum Gasteiger partial charge on any atom is -0.369 e. The molecule has 26 heavy (non-hydrogen) atoms. The Balaban J connectivity index is 1.44. The molecule has 3 rings (SSSR count). The molecule has 5 heteroatoms. The molecule has 0 aromatic heterocycles. The summed E-state index contributed by atoms with van der Waals surface area (Å²) in [4.78, 5) is 16.8. The summed E-state index contributed by atoms with van der Waals surface area (Å²) in [6.45, 7) is 8.44. The number of hydrogen-bond donors (Lipinski definition) is 1. The van der Waals surface area contributed by atoms with Gasteiger partial charge in [-0.15, -0.1) is 0 Å². The van der Waals surface area contributed by atoms with E-state index in [9.17, 15) is 9.18 Å². The summed E-state index contributed by atoms with van der Waals surface area (Å²) in [5.74, 6) is -0.151. The van der Waals surface area contributed by atoms with Crippen molar-refractivity contribution in [1.82, 2.24) is 4.90 Å². The second kappa shape index (κ2) is 8.32. The van der Waals surface area contributed by atoms with Gasteiger partial charge in [-0.2, -0.15) is 0 Å². The monoisotopic (exact) mass is 355 g/mol. The van der Waals surface area contributed by atoms with E-state index in [1.54, 1.807) is 0 Å². The fourth-order valence-corrected chi connectivity index (χ4v) is 3.24. The molecule has 0 unspecified atom stereocenters. The number of piperazine rings is 1. The number of hydrogen-bond acceptors (Lipinski definition) is 3. The molecular weight excluding hydrogens is 329 g/mol. The Bertz CT molecular complexity index is 752. The number of aryl methyl sites for hydroxylation is 1. The van der Waals surface area contributed by atoms with Crippen molar-refractivity contribution in [2.45, 2.75) is 20.3 Å². The Morgan fingerprint density at radius 2 is 1.73 bits per heavy atom. The summed E-state index contributed by atoms with van der Waals surface area (Å²) >= 11 is 0. The molecule has 1 amide bonds. The quantitative estimate of drug-likeness (QED) is 0.890. The van der Waals surface area contributed by atoms with Crippen molar-refractivity contribution in [2.75, 3.05) is 42.9 Å². The number of carbonyl (C=O) groups excluding carboxylic acids is 1. The zero-order valence-corrected chi connectivity index (χ0v) is 15.5. The van der Waals surface area contributed by atoms with Crippen LogP contribution in [0, 0.1) is 19.7 Å². The summed E-state index contributed by atoms with van der Waals surface area (Å²) in [7, 11) is 0. The SMILES string of the molecule is Cc1cccc(NC(=O)CCN2CCN(c3ccc(F)cc3)CC2)c1C. The van der Waals surface area contributed by atoms with Gasteiger partial charge >= 0.3 is 0 Å². The summed E-state index contributed by atoms with van der Waals surface area (Å²) in [5, 5.41) is 3.02. The molecule has 0 saturated carbocycles. The first-order valence-electron chi connectivity index (χ1n) is 9.12. The molecule has 2 aromatic carbocycles. The molecule has 0 aliphatic carbocycles. The Hall–Kier alpha value is -2.40. The Morgan fingerprint density at radius 3 is 2.42 bits per heavy atom. The van der Waals surface area contributed by atoms with Crippen molar-refractivity contribution in [3.05, 3.63) is 59.4 Å². The maximum absolute atomic E-state index is 13.0. The van der Waals surface area contributed by atoms with E-state index in [2.05, 4.69) is 15.1 Å². The van der Waals surface area contributed by atoms with Crippen LogP contribution in [-0.4, -0.2) is 43.5 Å². The first-order valence-corrected chi connectivity index (χ1v) is 9.12. The Kier molecular flexibility index (Phi) is 5.89. The number of carbonyl (C=O) groups is 1. The number of anilines is 2. The van der Waals surface area contributed by atoms with Gasteiger partial charge in [0.25, 0.3) is 0 Å². The second-order valence-electron chi connectivity index (χ2n) is 6.85. The van der Waals surface area contributed by atoms with Gasteiger partial charge in [-0.1, -0.05) is 12.1 Å². The zero-order valence-electron chi connectivity index (χ0n) is 15.5. The summed E-state index contributed by atoms with van der Waals surface area (Å²) in [6, 6.07) is 12.6. The number of amides is 1. The van der Waals surface area contributed by atoms with Crippen LogP contribution >= 0.6 is 0 Å². The van der Waals surface area contributed by atoms with Gasteiger partial charge < -0.3 is 10.2 Å². The number of benzene rings is 2. The van der Waals surface area contributed by atoms with Crippen LogP contribution in [0.15, 0.2) is 42.5 Å². The van der Waals surface area contributed by atoms with E-state index in [4.69, 9.17) is 0 Å². The van der Waals surface area contributed by atoms with Crippen molar-refractivity contribution in [1.29, 1.82) is 0 Å². The molecule has 1 fully saturated rings. The fourth-order valence-electron chi connectivity index (χ4n) is 3.24. The lowest BCUT2D eigenvalue weighted by Crippen LogP contribution is -2.47. The molecule has 1 saturated heterocycles. The van der Waals surface area contributed by atoms with E-state index in [1.165, 1.54) is 17.7 Å². The third-order valence-corrected chi connectivity index (χ3v) is 5.10. The highest BCUT2D eigenvalue weighted by Gasteiger charge is 2.18. The molecule has 0 radical (unpaired) electrons. The van der Waals surface area contributed by atoms with Gasteiger partial charge in [0.2, 0.25) is 5.91 Å². The number of nitrogens with zero attached hydrogens (tertiary/aromatic N) is 2. The lowest BCUT2D eigenvalue weighted by atomic mass is 10.1. The molecule has 138 valence electrons. The number of rotatable bonds is 5. The van der Waals surface area contributed by atoms with E-state index in [-0.39, 0.29) is 11.7 Å². The first-order chi connectivity index (χ1) is 12.5. The Labute approximate surface area is 154 Å². The van der Waals surface area contributed by atoms with Crippen LogP contribution in [0.4, 0.5) is 15.8 Å². The van der Waals surface area contributed by atoms with E-state index in [0.717, 1.165) is 49.7 Å². The molecule has 2 aromatic rings. The van der Waals surface area contributed by atoms with Crippen LogP contribution in [0.2, 0.25) is 0 Å². The van der Waals surface area contributed by atoms with Gasteiger partial charge in [0.05, 0.1) is 0 Å². The molecule has 0 spiro atoms. The average molecular weight is 355 g/mol. The lowest BCUT2D eigenvalue weighted by molar-refractivity contribution is -0.116. The van der Waals surface area contributed by atoms with Crippen molar-refractivity contribution in [2.24, 2.45) is 0 Å². The van der Waals surface area contributed by atoms with Crippen molar-refractivity contribution >= 4 is 17.3 Å². The van der Waals surface area contributed by atoms with E-state index in [0.29, 0.717) is 6.42 Å². The molecule has 1 N–H and O–H groups in total. The van der Waals surface area contributed by atoms with Crippen LogP contribution in [0.25, 0.3) is 0 Å². The third-order valence-electron chi connectivity index (χ3n) is 5.10. The zero-order chi connectivity index (χ0) is 18.5. The lowest BCUT2D eigenvalue weighted by Gasteiger charge is -2.36. The minimum absolute atomic E-state index is 0.0552. The molecule has 1 aliphatic heterocycles. The second-order valence-corrected chi connectivity index (χ2v) is 6.85. The number of halogens is 1. The van der Waals surface area contributed by atoms with E-state index in [1.807, 2.05) is 44.2 Å². The van der Waals surface area contributed by atoms with Crippen LogP contribution in [0.5, 0.6) is 0 Å². The predicted molar refractivity (Wildman–Crippen MR) is 104 cm³/mol. The Morgan fingerprint density at radius 1 is 1.04 bits per heavy atom. The van der Waals surface area contributed by atoms with Gasteiger partial charge in [0.15, 0.2) is 0 Å². The van der Waals surface area contributed by atoms with Crippen LogP contribution in [-0.2, 0) is 4.79 Å². The van der Waals surface area contributed by atoms with Gasteiger partial charge in [0, 0.05) is 50.5 Å². The molecule has 1 heterocycles. The normalized spacial score (nSPS) is 15.1. The fraction of sp³-hybridized carbons (Fsp3) is 0.381. The smallest absolute Gasteiger partial charge is 0.225 e. The van der Waals surface area contributed by atoms with Gasteiger partial charge in [-0.05, 0) is 55.3 Å². The number of nitrogens with one attached hydrogen (secondary N) is 1. The van der Waals surface area contributed by atoms with Crippen molar-refractivity contribution in [3.8, 4) is 0 Å². The minimum atomic E-state index is -0.206. The molecule has 0 atom stereocenters. The van der Waals surface area contributed by atoms with Gasteiger partial charge in [0.1, 0.15) is 5.82 Å². The van der Waals surface area contributed by atoms with E-state index >= 15 is 0 Å². The highest BCUT2D eigenvalue weighted by atomic mass is 19.1. The molecule has 1 aliphatic rings. The van der Waals surface area contributed by atoms with Crippen LogP contribution in [0.1, 0.15) is 17.5 Å².